The van der Waals surface area contributed by atoms with Crippen LogP contribution in [0.5, 0.6) is 11.5 Å². The van der Waals surface area contributed by atoms with E-state index in [1.165, 1.54) is 38.3 Å². The molecule has 5 aromatic heterocycles. The molecule has 1 aliphatic heterocycles. The molecular weight excluding hydrogens is 757 g/mol. The predicted molar refractivity (Wildman–Crippen MR) is 213 cm³/mol. The molecule has 0 fully saturated rings. The molecule has 54 heavy (non-hydrogen) atoms. The quantitative estimate of drug-likeness (QED) is 0.102. The third-order valence-electron chi connectivity index (χ3n) is 11.4. The van der Waals surface area contributed by atoms with E-state index in [1.54, 1.807) is 0 Å². The summed E-state index contributed by atoms with van der Waals surface area (Å²) in [4.78, 5) is 9.68. The zero-order valence-corrected chi connectivity index (χ0v) is 30.8. The average Bonchev–Trinajstić information content (AvgIpc) is 3.90. The van der Waals surface area contributed by atoms with Gasteiger partial charge in [-0.05, 0) is 52.8 Å². The second-order valence-electron chi connectivity index (χ2n) is 14.5. The first-order valence-corrected chi connectivity index (χ1v) is 17.9. The van der Waals surface area contributed by atoms with Gasteiger partial charge in [0.1, 0.15) is 5.65 Å². The van der Waals surface area contributed by atoms with Crippen molar-refractivity contribution in [3.63, 3.8) is 0 Å². The predicted octanol–water partition coefficient (Wildman–Crippen LogP) is 11.3. The summed E-state index contributed by atoms with van der Waals surface area (Å²) in [5.41, 5.74) is 10.7. The van der Waals surface area contributed by atoms with E-state index in [0.29, 0.717) is 11.5 Å². The van der Waals surface area contributed by atoms with Gasteiger partial charge >= 0.3 is 20.4 Å². The van der Waals surface area contributed by atoms with Crippen molar-refractivity contribution >= 4 is 71.1 Å². The van der Waals surface area contributed by atoms with E-state index in [2.05, 4.69) is 143 Å². The minimum Gasteiger partial charge on any atom is -0.503 e. The van der Waals surface area contributed by atoms with Crippen LogP contribution in [0, 0.1) is 12.1 Å². The topological polar surface area (TPSA) is 49.3 Å². The summed E-state index contributed by atoms with van der Waals surface area (Å²) in [6.45, 7) is 4.57. The van der Waals surface area contributed by atoms with Crippen molar-refractivity contribution in [3.05, 3.63) is 163 Å². The van der Waals surface area contributed by atoms with Crippen molar-refractivity contribution in [2.24, 2.45) is 0 Å². The van der Waals surface area contributed by atoms with Crippen LogP contribution in [-0.4, -0.2) is 23.5 Å². The van der Waals surface area contributed by atoms with Crippen LogP contribution in [0.3, 0.4) is 0 Å². The number of rotatable bonds is 3. The number of para-hydroxylation sites is 3. The van der Waals surface area contributed by atoms with Gasteiger partial charge < -0.3 is 18.3 Å². The Balaban J connectivity index is 0.00000341. The third kappa shape index (κ3) is 4.08. The molecule has 12 rings (SSSR count). The van der Waals surface area contributed by atoms with Gasteiger partial charge in [-0.1, -0.05) is 97.0 Å². The van der Waals surface area contributed by atoms with Crippen LogP contribution in [0.2, 0.25) is 0 Å². The van der Waals surface area contributed by atoms with Gasteiger partial charge in [0.15, 0.2) is 0 Å². The van der Waals surface area contributed by atoms with E-state index in [-0.39, 0.29) is 25.8 Å². The third-order valence-corrected chi connectivity index (χ3v) is 11.4. The largest absolute Gasteiger partial charge is 2.00 e. The zero-order chi connectivity index (χ0) is 35.0. The molecule has 0 aliphatic carbocycles. The fraction of sp³-hybridized carbons (Fsp3) is 0.0638. The van der Waals surface area contributed by atoms with Crippen molar-refractivity contribution < 1.29 is 25.2 Å². The normalized spacial score (nSPS) is 13.4. The van der Waals surface area contributed by atoms with Crippen molar-refractivity contribution in [3.8, 4) is 22.9 Å². The van der Waals surface area contributed by atoms with Crippen LogP contribution in [0.25, 0.3) is 82.4 Å². The first-order chi connectivity index (χ1) is 26.0. The summed E-state index contributed by atoms with van der Waals surface area (Å²) in [5.74, 6) is 1.23. The Labute approximate surface area is 323 Å². The molecule has 0 atom stereocenters. The summed E-state index contributed by atoms with van der Waals surface area (Å²) >= 11 is 0. The first kappa shape index (κ1) is 31.3. The Morgan fingerprint density at radius 3 is 2.22 bits per heavy atom. The van der Waals surface area contributed by atoms with Gasteiger partial charge in [-0.15, -0.1) is 29.8 Å². The molecular formula is C47H29N5OPd. The maximum Gasteiger partial charge on any atom is 2.00 e. The molecule has 0 spiro atoms. The molecule has 6 aromatic carbocycles. The first-order valence-electron chi connectivity index (χ1n) is 17.9. The smallest absolute Gasteiger partial charge is 0.503 e. The van der Waals surface area contributed by atoms with Crippen LogP contribution in [-0.2, 0) is 25.8 Å². The van der Waals surface area contributed by atoms with Gasteiger partial charge in [0.05, 0.1) is 22.2 Å². The molecule has 0 saturated heterocycles. The maximum atomic E-state index is 6.63. The summed E-state index contributed by atoms with van der Waals surface area (Å²) < 4.78 is 13.4. The Hall–Kier alpha value is -6.26. The van der Waals surface area contributed by atoms with Gasteiger partial charge in [0.25, 0.3) is 0 Å². The number of hydrogen-bond donors (Lipinski definition) is 0. The average molecular weight is 786 g/mol. The molecule has 0 amide bonds. The molecule has 6 heterocycles. The monoisotopic (exact) mass is 785 g/mol. The molecule has 1 aliphatic rings. The fourth-order valence-corrected chi connectivity index (χ4v) is 8.97. The molecule has 0 saturated carbocycles. The van der Waals surface area contributed by atoms with E-state index in [1.807, 2.05) is 36.8 Å². The number of aromatic nitrogens is 5. The molecule has 11 aromatic rings. The van der Waals surface area contributed by atoms with Crippen LogP contribution in [0.15, 0.2) is 140 Å². The van der Waals surface area contributed by atoms with Crippen molar-refractivity contribution in [2.75, 3.05) is 0 Å². The Morgan fingerprint density at radius 1 is 0.556 bits per heavy atom. The summed E-state index contributed by atoms with van der Waals surface area (Å²) in [5, 5.41) is 7.86. The van der Waals surface area contributed by atoms with Gasteiger partial charge in [-0.25, -0.2) is 4.98 Å². The van der Waals surface area contributed by atoms with Crippen LogP contribution in [0.1, 0.15) is 25.0 Å². The second-order valence-corrected chi connectivity index (χ2v) is 14.5. The summed E-state index contributed by atoms with van der Waals surface area (Å²) in [6, 6.07) is 50.2. The Morgan fingerprint density at radius 2 is 1.31 bits per heavy atom. The standard InChI is InChI=1S/C47H29N5O.Pd/c1-47(2)38-20-18-30(25-43(38)52-44-33(13-8-15-39(44)47)34-14-9-21-48-46(34)52)53-29-17-19-31-35-26-36-32-12-6-7-16-40(32)51(28-10-4-3-5-11-28)42(36)27-41(35)50-23-22-49-45(50)37(31)24-29;/h3-23,26-27H,1-2H3;/q-2;+2. The van der Waals surface area contributed by atoms with Gasteiger partial charge in [-0.3, -0.25) is 4.98 Å². The number of ether oxygens (including phenoxy) is 1. The van der Waals surface area contributed by atoms with Gasteiger partial charge in [-0.2, -0.15) is 6.07 Å². The van der Waals surface area contributed by atoms with E-state index >= 15 is 0 Å². The number of hydrogen-bond acceptors (Lipinski definition) is 3. The second kappa shape index (κ2) is 11.1. The zero-order valence-electron chi connectivity index (χ0n) is 29.2. The molecule has 0 radical (unpaired) electrons. The number of nitrogens with zero attached hydrogens (tertiary/aromatic N) is 5. The van der Waals surface area contributed by atoms with Crippen LogP contribution in [0.4, 0.5) is 0 Å². The number of fused-ring (bicyclic) bond motifs is 14. The molecule has 258 valence electrons. The Kier molecular flexibility index (Phi) is 6.45. The summed E-state index contributed by atoms with van der Waals surface area (Å²) in [7, 11) is 0. The van der Waals surface area contributed by atoms with E-state index < -0.39 is 0 Å². The minimum atomic E-state index is -0.227. The van der Waals surface area contributed by atoms with Crippen molar-refractivity contribution in [2.45, 2.75) is 19.3 Å². The number of benzene rings is 6. The maximum absolute atomic E-state index is 6.63. The van der Waals surface area contributed by atoms with E-state index in [0.717, 1.165) is 55.2 Å². The van der Waals surface area contributed by atoms with Gasteiger partial charge in [0, 0.05) is 62.8 Å². The van der Waals surface area contributed by atoms with Crippen LogP contribution >= 0.6 is 0 Å². The summed E-state index contributed by atoms with van der Waals surface area (Å²) in [6.07, 6.45) is 5.76. The van der Waals surface area contributed by atoms with Crippen molar-refractivity contribution in [1.29, 1.82) is 0 Å². The van der Waals surface area contributed by atoms with Crippen LogP contribution < -0.4 is 4.74 Å². The van der Waals surface area contributed by atoms with Gasteiger partial charge in [0.2, 0.25) is 0 Å². The molecule has 0 bridgehead atoms. The fourth-order valence-electron chi connectivity index (χ4n) is 8.97. The minimum absolute atomic E-state index is 0. The molecule has 0 N–H and O–H groups in total. The van der Waals surface area contributed by atoms with Crippen molar-refractivity contribution in [1.82, 2.24) is 23.5 Å². The molecule has 6 nitrogen and oxygen atoms in total. The molecule has 7 heteroatoms. The Bertz CT molecular complexity index is 3350. The van der Waals surface area contributed by atoms with E-state index in [9.17, 15) is 0 Å². The van der Waals surface area contributed by atoms with E-state index in [4.69, 9.17) is 14.7 Å². The number of pyridine rings is 2. The number of imidazole rings is 1. The molecule has 0 unspecified atom stereocenters. The SMILES string of the molecule is CC1(C)c2ccc(Oc3[c-]c4c(cc3)c3cc5c6ccccc6n(-c6ccccc6)c5cc3n3ccnc43)[c-]c2-n2c3ncccc3c3cccc1c32.[Pd+2].